The normalized spacial score (nSPS) is 17.4. The van der Waals surface area contributed by atoms with Crippen LogP contribution in [-0.4, -0.2) is 48.8 Å². The van der Waals surface area contributed by atoms with Gasteiger partial charge in [-0.05, 0) is 55.8 Å². The van der Waals surface area contributed by atoms with E-state index in [1.54, 1.807) is 30.3 Å². The van der Waals surface area contributed by atoms with Crippen LogP contribution in [0.1, 0.15) is 33.7 Å². The predicted octanol–water partition coefficient (Wildman–Crippen LogP) is 4.89. The lowest BCUT2D eigenvalue weighted by atomic mass is 10.0. The summed E-state index contributed by atoms with van der Waals surface area (Å²) in [5.41, 5.74) is 2.54. The molecule has 3 N–H and O–H groups in total. The largest absolute Gasteiger partial charge is 0.370 e. The first kappa shape index (κ1) is 25.2. The molecule has 186 valence electrons. The molecule has 0 aliphatic carbocycles. The van der Waals surface area contributed by atoms with Gasteiger partial charge in [0.25, 0.3) is 5.91 Å². The summed E-state index contributed by atoms with van der Waals surface area (Å²) in [7, 11) is -7.29. The number of carbonyl (C=O) groups excluding carboxylic acids is 1. The minimum atomic E-state index is -3.94. The smallest absolute Gasteiger partial charge is 0.251 e. The zero-order valence-corrected chi connectivity index (χ0v) is 21.3. The van der Waals surface area contributed by atoms with Crippen LogP contribution in [0.25, 0.3) is 0 Å². The van der Waals surface area contributed by atoms with Crippen LogP contribution in [0.2, 0.25) is 0 Å². The lowest BCUT2D eigenvalue weighted by Gasteiger charge is -2.27. The molecule has 0 bridgehead atoms. The van der Waals surface area contributed by atoms with Crippen molar-refractivity contribution >= 4 is 32.0 Å². The number of amides is 1. The lowest BCUT2D eigenvalue weighted by Crippen LogP contribution is -2.35. The van der Waals surface area contributed by atoms with Gasteiger partial charge < -0.3 is 10.2 Å². The van der Waals surface area contributed by atoms with Crippen LogP contribution >= 0.6 is 10.6 Å². The topological polar surface area (TPSA) is 107 Å². The summed E-state index contributed by atoms with van der Waals surface area (Å²) in [4.78, 5) is 15.6. The third-order valence-electron chi connectivity index (χ3n) is 6.23. The van der Waals surface area contributed by atoms with E-state index in [2.05, 4.69) is 16.3 Å². The number of aryl methyl sites for hydroxylation is 1. The maximum atomic E-state index is 13.4. The molecule has 35 heavy (non-hydrogen) atoms. The molecule has 0 radical (unpaired) electrons. The molecule has 1 amide bonds. The van der Waals surface area contributed by atoms with Crippen molar-refractivity contribution in [2.24, 2.45) is 0 Å². The zero-order valence-electron chi connectivity index (χ0n) is 19.7. The molecule has 1 aliphatic heterocycles. The van der Waals surface area contributed by atoms with Gasteiger partial charge in [0.05, 0.1) is 15.5 Å². The van der Waals surface area contributed by atoms with Crippen LogP contribution in [0.5, 0.6) is 0 Å². The third kappa shape index (κ3) is 5.08. The Labute approximate surface area is 208 Å². The lowest BCUT2D eigenvalue weighted by molar-refractivity contribution is 0.0953. The maximum absolute atomic E-state index is 13.4. The average molecular weight is 515 g/mol. The maximum Gasteiger partial charge on any atom is 0.251 e. The highest BCUT2D eigenvalue weighted by atomic mass is 32.3. The first-order chi connectivity index (χ1) is 16.6. The molecule has 0 spiro atoms. The van der Waals surface area contributed by atoms with Crippen LogP contribution in [0.4, 0.5) is 5.69 Å². The van der Waals surface area contributed by atoms with Gasteiger partial charge in [0.15, 0.2) is 9.84 Å². The summed E-state index contributed by atoms with van der Waals surface area (Å²) in [5, 5.41) is 1.67. The summed E-state index contributed by atoms with van der Waals surface area (Å²) in [5.74, 6) is -0.798. The van der Waals surface area contributed by atoms with Crippen molar-refractivity contribution < 1.29 is 22.3 Å². The molecule has 0 saturated carbocycles. The summed E-state index contributed by atoms with van der Waals surface area (Å²) >= 11 is 0. The number of carbonyl (C=O) groups is 1. The zero-order chi connectivity index (χ0) is 25.2. The van der Waals surface area contributed by atoms with Gasteiger partial charge in [0.1, 0.15) is 5.25 Å². The van der Waals surface area contributed by atoms with Crippen molar-refractivity contribution in [3.05, 3.63) is 89.5 Å². The second-order valence-corrected chi connectivity index (χ2v) is 12.8. The van der Waals surface area contributed by atoms with E-state index in [-0.39, 0.29) is 26.7 Å². The number of hydrogen-bond donors (Lipinski definition) is 3. The molecule has 3 aromatic carbocycles. The Morgan fingerprint density at radius 3 is 2.46 bits per heavy atom. The van der Waals surface area contributed by atoms with E-state index in [1.807, 2.05) is 32.0 Å². The fourth-order valence-corrected chi connectivity index (χ4v) is 8.92. The van der Waals surface area contributed by atoms with Gasteiger partial charge in [0, 0.05) is 36.4 Å². The summed E-state index contributed by atoms with van der Waals surface area (Å²) in [6, 6.07) is 20.6. The molecular weight excluding hydrogens is 484 g/mol. The number of rotatable bonds is 8. The second kappa shape index (κ2) is 10.0. The van der Waals surface area contributed by atoms with Gasteiger partial charge in [-0.1, -0.05) is 36.4 Å². The van der Waals surface area contributed by atoms with Gasteiger partial charge in [-0.25, -0.2) is 8.42 Å². The highest BCUT2D eigenvalue weighted by Gasteiger charge is 2.45. The number of benzene rings is 3. The first-order valence-electron chi connectivity index (χ1n) is 11.4. The van der Waals surface area contributed by atoms with Crippen LogP contribution < -0.4 is 10.2 Å². The molecule has 1 atom stereocenters. The molecule has 7 nitrogen and oxygen atoms in total. The number of fused-ring (bicyclic) bond motifs is 1. The Balaban J connectivity index is 1.59. The number of sulfone groups is 1. The van der Waals surface area contributed by atoms with Crippen LogP contribution in [0.15, 0.2) is 82.6 Å². The number of hydrogen-bond acceptors (Lipinski definition) is 6. The van der Waals surface area contributed by atoms with Gasteiger partial charge in [-0.15, -0.1) is 0 Å². The standard InChI is InChI=1S/C26H30N2O5S2/c1-3-28(20-10-7-9-19(2)17-20)16-15-27-26(29)22-13-8-14-23-25(22)24(18-34(23,30)31)35(32,33)21-11-5-4-6-12-21/h4-14,17,24,30-31H,3,15-16,18H2,1-2H3,(H,27,29). The molecule has 3 aromatic rings. The van der Waals surface area contributed by atoms with E-state index >= 15 is 0 Å². The highest BCUT2D eigenvalue weighted by molar-refractivity contribution is 8.25. The SMILES string of the molecule is CCN(CCNC(=O)c1cccc2c1C(S(=O)(=O)c1ccccc1)CS2(O)O)c1cccc(C)c1. The predicted molar refractivity (Wildman–Crippen MR) is 140 cm³/mol. The Morgan fingerprint density at radius 2 is 1.77 bits per heavy atom. The molecule has 0 fully saturated rings. The summed E-state index contributed by atoms with van der Waals surface area (Å²) < 4.78 is 48.3. The molecule has 4 rings (SSSR count). The fraction of sp³-hybridized carbons (Fsp3) is 0.269. The van der Waals surface area contributed by atoms with Gasteiger partial charge in [-0.3, -0.25) is 13.9 Å². The van der Waals surface area contributed by atoms with Crippen LogP contribution in [0.3, 0.4) is 0 Å². The Kier molecular flexibility index (Phi) is 7.23. The summed E-state index contributed by atoms with van der Waals surface area (Å²) in [6.07, 6.45) is 0. The van der Waals surface area contributed by atoms with Crippen LogP contribution in [-0.2, 0) is 9.84 Å². The molecule has 0 saturated heterocycles. The Bertz CT molecular complexity index is 1330. The molecular formula is C26H30N2O5S2. The Morgan fingerprint density at radius 1 is 1.06 bits per heavy atom. The molecule has 9 heteroatoms. The second-order valence-electron chi connectivity index (χ2n) is 8.57. The van der Waals surface area contributed by atoms with E-state index in [0.29, 0.717) is 13.1 Å². The quantitative estimate of drug-likeness (QED) is 0.395. The van der Waals surface area contributed by atoms with Crippen molar-refractivity contribution in [3.8, 4) is 0 Å². The van der Waals surface area contributed by atoms with E-state index in [1.165, 1.54) is 18.2 Å². The Hall–Kier alpha value is -2.85. The van der Waals surface area contributed by atoms with Crippen molar-refractivity contribution in [2.45, 2.75) is 28.9 Å². The number of nitrogens with one attached hydrogen (secondary N) is 1. The minimum Gasteiger partial charge on any atom is -0.370 e. The third-order valence-corrected chi connectivity index (χ3v) is 10.4. The van der Waals surface area contributed by atoms with Crippen molar-refractivity contribution in [2.75, 3.05) is 30.3 Å². The van der Waals surface area contributed by atoms with Gasteiger partial charge in [0.2, 0.25) is 0 Å². The number of likely N-dealkylation sites (N-methyl/N-ethyl adjacent to an activating group) is 1. The fourth-order valence-electron chi connectivity index (χ4n) is 4.46. The van der Waals surface area contributed by atoms with E-state index < -0.39 is 31.6 Å². The summed E-state index contributed by atoms with van der Waals surface area (Å²) in [6.45, 7) is 5.74. The van der Waals surface area contributed by atoms with E-state index in [4.69, 9.17) is 0 Å². The van der Waals surface area contributed by atoms with Crippen molar-refractivity contribution in [1.82, 2.24) is 5.32 Å². The van der Waals surface area contributed by atoms with Gasteiger partial charge >= 0.3 is 0 Å². The monoisotopic (exact) mass is 514 g/mol. The van der Waals surface area contributed by atoms with Crippen molar-refractivity contribution in [1.29, 1.82) is 0 Å². The van der Waals surface area contributed by atoms with Crippen molar-refractivity contribution in [3.63, 3.8) is 0 Å². The number of anilines is 1. The minimum absolute atomic E-state index is 0.0833. The average Bonchev–Trinajstić information content (AvgIpc) is 3.14. The molecule has 1 heterocycles. The van der Waals surface area contributed by atoms with E-state index in [9.17, 15) is 22.3 Å². The molecule has 1 unspecified atom stereocenters. The highest BCUT2D eigenvalue weighted by Crippen LogP contribution is 2.62. The van der Waals surface area contributed by atoms with Gasteiger partial charge in [-0.2, -0.15) is 10.6 Å². The first-order valence-corrected chi connectivity index (χ1v) is 14.7. The van der Waals surface area contributed by atoms with E-state index in [0.717, 1.165) is 17.8 Å². The molecule has 0 aromatic heterocycles. The molecule has 1 aliphatic rings. The number of nitrogens with zero attached hydrogens (tertiary/aromatic N) is 1. The van der Waals surface area contributed by atoms with Crippen LogP contribution in [0, 0.1) is 6.92 Å².